The maximum Gasteiger partial charge on any atom is 0.183 e. The van der Waals surface area contributed by atoms with Crippen LogP contribution in [0.5, 0.6) is 0 Å². The van der Waals surface area contributed by atoms with Gasteiger partial charge in [-0.1, -0.05) is 19.1 Å². The van der Waals surface area contributed by atoms with Crippen molar-refractivity contribution in [3.63, 3.8) is 0 Å². The molecule has 106 valence electrons. The van der Waals surface area contributed by atoms with Crippen LogP contribution in [0.3, 0.4) is 0 Å². The van der Waals surface area contributed by atoms with Crippen LogP contribution in [0.4, 0.5) is 0 Å². The molecule has 1 saturated carbocycles. The summed E-state index contributed by atoms with van der Waals surface area (Å²) in [5.74, 6) is 0.435. The molecule has 0 aromatic heterocycles. The summed E-state index contributed by atoms with van der Waals surface area (Å²) in [4.78, 5) is 0.460. The lowest BCUT2D eigenvalue weighted by Crippen LogP contribution is -2.44. The van der Waals surface area contributed by atoms with Crippen LogP contribution in [0.1, 0.15) is 37.3 Å². The Morgan fingerprint density at radius 2 is 1.89 bits per heavy atom. The van der Waals surface area contributed by atoms with E-state index in [1.807, 2.05) is 26.0 Å². The predicted molar refractivity (Wildman–Crippen MR) is 77.9 cm³/mol. The van der Waals surface area contributed by atoms with Gasteiger partial charge in [-0.05, 0) is 56.2 Å². The standard InChI is InChI=1S/C15H23NO2S/c1-10-4-6-12(3)14(8-10)19(17,18)15-9-11(2)5-7-13(15)16/h4,6,8,11,13,15H,5,7,9,16H2,1-3H3. The molecule has 0 heterocycles. The summed E-state index contributed by atoms with van der Waals surface area (Å²) in [5.41, 5.74) is 7.86. The molecule has 2 N–H and O–H groups in total. The van der Waals surface area contributed by atoms with Gasteiger partial charge in [-0.3, -0.25) is 0 Å². The number of hydrogen-bond acceptors (Lipinski definition) is 3. The lowest BCUT2D eigenvalue weighted by molar-refractivity contribution is 0.346. The fraction of sp³-hybridized carbons (Fsp3) is 0.600. The number of aryl methyl sites for hydroxylation is 2. The quantitative estimate of drug-likeness (QED) is 0.906. The van der Waals surface area contributed by atoms with Gasteiger partial charge in [0.25, 0.3) is 0 Å². The molecule has 4 heteroatoms. The first-order valence-corrected chi connectivity index (χ1v) is 8.43. The maximum absolute atomic E-state index is 12.8. The van der Waals surface area contributed by atoms with Crippen LogP contribution in [-0.2, 0) is 9.84 Å². The zero-order valence-electron chi connectivity index (χ0n) is 11.9. The summed E-state index contributed by atoms with van der Waals surface area (Å²) >= 11 is 0. The van der Waals surface area contributed by atoms with Crippen molar-refractivity contribution in [1.82, 2.24) is 0 Å². The van der Waals surface area contributed by atoms with Gasteiger partial charge in [0.2, 0.25) is 0 Å². The van der Waals surface area contributed by atoms with E-state index in [-0.39, 0.29) is 6.04 Å². The molecule has 1 aliphatic rings. The highest BCUT2D eigenvalue weighted by atomic mass is 32.2. The van der Waals surface area contributed by atoms with Crippen molar-refractivity contribution in [2.45, 2.75) is 56.2 Å². The fourth-order valence-electron chi connectivity index (χ4n) is 2.89. The average Bonchev–Trinajstić information content (AvgIpc) is 2.35. The van der Waals surface area contributed by atoms with E-state index in [1.54, 1.807) is 6.07 Å². The second kappa shape index (κ2) is 5.25. The van der Waals surface area contributed by atoms with Crippen molar-refractivity contribution < 1.29 is 8.42 Å². The molecule has 0 spiro atoms. The summed E-state index contributed by atoms with van der Waals surface area (Å²) in [6.45, 7) is 5.88. The van der Waals surface area contributed by atoms with Gasteiger partial charge in [0, 0.05) is 6.04 Å². The molecule has 0 saturated heterocycles. The summed E-state index contributed by atoms with van der Waals surface area (Å²) in [6.07, 6.45) is 2.51. The average molecular weight is 281 g/mol. The molecule has 0 bridgehead atoms. The molecule has 1 aromatic carbocycles. The second-order valence-electron chi connectivity index (χ2n) is 5.93. The number of hydrogen-bond donors (Lipinski definition) is 1. The van der Waals surface area contributed by atoms with Gasteiger partial charge < -0.3 is 5.73 Å². The molecule has 3 unspecified atom stereocenters. The van der Waals surface area contributed by atoms with E-state index in [1.165, 1.54) is 0 Å². The summed E-state index contributed by atoms with van der Waals surface area (Å²) < 4.78 is 25.7. The van der Waals surface area contributed by atoms with E-state index in [4.69, 9.17) is 5.73 Å². The lowest BCUT2D eigenvalue weighted by Gasteiger charge is -2.32. The first-order valence-electron chi connectivity index (χ1n) is 6.89. The molecule has 1 fully saturated rings. The Morgan fingerprint density at radius 1 is 1.21 bits per heavy atom. The molecule has 1 aromatic rings. The zero-order chi connectivity index (χ0) is 14.2. The summed E-state index contributed by atoms with van der Waals surface area (Å²) in [6, 6.07) is 5.36. The molecule has 0 amide bonds. The van der Waals surface area contributed by atoms with Crippen LogP contribution in [0.15, 0.2) is 23.1 Å². The molecule has 1 aliphatic carbocycles. The van der Waals surface area contributed by atoms with E-state index in [2.05, 4.69) is 6.92 Å². The topological polar surface area (TPSA) is 60.2 Å². The molecule has 3 atom stereocenters. The van der Waals surface area contributed by atoms with E-state index >= 15 is 0 Å². The minimum atomic E-state index is -3.32. The highest BCUT2D eigenvalue weighted by molar-refractivity contribution is 7.92. The van der Waals surface area contributed by atoms with Crippen LogP contribution < -0.4 is 5.73 Å². The maximum atomic E-state index is 12.8. The summed E-state index contributed by atoms with van der Waals surface area (Å²) in [5, 5.41) is -0.434. The monoisotopic (exact) mass is 281 g/mol. The molecule has 19 heavy (non-hydrogen) atoms. The molecule has 3 nitrogen and oxygen atoms in total. The van der Waals surface area contributed by atoms with Gasteiger partial charge in [0.15, 0.2) is 9.84 Å². The SMILES string of the molecule is Cc1ccc(C)c(S(=O)(=O)C2CC(C)CCC2N)c1. The van der Waals surface area contributed by atoms with E-state index < -0.39 is 15.1 Å². The third kappa shape index (κ3) is 2.84. The van der Waals surface area contributed by atoms with Crippen LogP contribution in [0, 0.1) is 19.8 Å². The van der Waals surface area contributed by atoms with E-state index in [0.717, 1.165) is 24.0 Å². The van der Waals surface area contributed by atoms with Crippen LogP contribution >= 0.6 is 0 Å². The number of sulfone groups is 1. The lowest BCUT2D eigenvalue weighted by atomic mass is 9.87. The molecular formula is C15H23NO2S. The van der Waals surface area contributed by atoms with Gasteiger partial charge in [0.1, 0.15) is 0 Å². The van der Waals surface area contributed by atoms with E-state index in [0.29, 0.717) is 17.2 Å². The van der Waals surface area contributed by atoms with Crippen molar-refractivity contribution in [3.8, 4) is 0 Å². The Labute approximate surface area is 116 Å². The van der Waals surface area contributed by atoms with Crippen molar-refractivity contribution >= 4 is 9.84 Å². The van der Waals surface area contributed by atoms with Crippen LogP contribution in [0.25, 0.3) is 0 Å². The van der Waals surface area contributed by atoms with E-state index in [9.17, 15) is 8.42 Å². The minimum Gasteiger partial charge on any atom is -0.327 e. The number of benzene rings is 1. The Kier molecular flexibility index (Phi) is 4.02. The van der Waals surface area contributed by atoms with Gasteiger partial charge >= 0.3 is 0 Å². The van der Waals surface area contributed by atoms with Gasteiger partial charge in [-0.25, -0.2) is 8.42 Å². The molecule has 0 radical (unpaired) electrons. The molecular weight excluding hydrogens is 258 g/mol. The van der Waals surface area contributed by atoms with Crippen LogP contribution in [-0.4, -0.2) is 19.7 Å². The molecule has 2 rings (SSSR count). The zero-order valence-corrected chi connectivity index (χ0v) is 12.7. The van der Waals surface area contributed by atoms with Crippen molar-refractivity contribution in [1.29, 1.82) is 0 Å². The number of rotatable bonds is 2. The highest BCUT2D eigenvalue weighted by Crippen LogP contribution is 2.32. The Bertz CT molecular complexity index is 566. The number of nitrogens with two attached hydrogens (primary N) is 1. The Balaban J connectivity index is 2.44. The van der Waals surface area contributed by atoms with Crippen molar-refractivity contribution in [3.05, 3.63) is 29.3 Å². The van der Waals surface area contributed by atoms with Gasteiger partial charge in [-0.15, -0.1) is 0 Å². The Morgan fingerprint density at radius 3 is 2.58 bits per heavy atom. The third-order valence-corrected chi connectivity index (χ3v) is 6.55. The Hall–Kier alpha value is -0.870. The van der Waals surface area contributed by atoms with Gasteiger partial charge in [-0.2, -0.15) is 0 Å². The first-order chi connectivity index (χ1) is 8.82. The first kappa shape index (κ1) is 14.5. The predicted octanol–water partition coefficient (Wildman–Crippen LogP) is 2.59. The smallest absolute Gasteiger partial charge is 0.183 e. The minimum absolute atomic E-state index is 0.235. The van der Waals surface area contributed by atoms with Crippen molar-refractivity contribution in [2.24, 2.45) is 11.7 Å². The third-order valence-electron chi connectivity index (χ3n) is 4.15. The second-order valence-corrected chi connectivity index (χ2v) is 8.07. The van der Waals surface area contributed by atoms with Crippen molar-refractivity contribution in [2.75, 3.05) is 0 Å². The summed E-state index contributed by atoms with van der Waals surface area (Å²) in [7, 11) is -3.32. The largest absolute Gasteiger partial charge is 0.327 e. The molecule has 0 aliphatic heterocycles. The normalized spacial score (nSPS) is 28.3. The van der Waals surface area contributed by atoms with Crippen LogP contribution in [0.2, 0.25) is 0 Å². The van der Waals surface area contributed by atoms with Gasteiger partial charge in [0.05, 0.1) is 10.1 Å². The fourth-order valence-corrected chi connectivity index (χ4v) is 5.26. The highest BCUT2D eigenvalue weighted by Gasteiger charge is 2.37.